The molecule has 1 saturated heterocycles. The Bertz CT molecular complexity index is 195. The van der Waals surface area contributed by atoms with Crippen LogP contribution in [-0.4, -0.2) is 55.3 Å². The van der Waals surface area contributed by atoms with Crippen LogP contribution in [0, 0.1) is 5.41 Å². The molecule has 5 nitrogen and oxygen atoms in total. The van der Waals surface area contributed by atoms with Gasteiger partial charge in [0.1, 0.15) is 0 Å². The second kappa shape index (κ2) is 4.81. The van der Waals surface area contributed by atoms with E-state index in [2.05, 4.69) is 10.4 Å². The third kappa shape index (κ3) is 2.69. The van der Waals surface area contributed by atoms with Gasteiger partial charge < -0.3 is 10.2 Å². The average Bonchev–Trinajstić information content (AvgIpc) is 2.18. The lowest BCUT2D eigenvalue weighted by Crippen LogP contribution is -2.49. The van der Waals surface area contributed by atoms with Gasteiger partial charge in [0.25, 0.3) is 0 Å². The molecule has 0 aliphatic carbocycles. The highest BCUT2D eigenvalue weighted by molar-refractivity contribution is 5.77. The van der Waals surface area contributed by atoms with E-state index in [0.717, 1.165) is 26.2 Å². The molecule has 1 heterocycles. The summed E-state index contributed by atoms with van der Waals surface area (Å²) < 4.78 is 0. The number of hydrogen-bond donors (Lipinski definition) is 2. The molecule has 1 aliphatic heterocycles. The van der Waals surface area contributed by atoms with Gasteiger partial charge in [0, 0.05) is 39.4 Å². The molecule has 74 valence electrons. The first-order valence-electron chi connectivity index (χ1n) is 4.52. The predicted octanol–water partition coefficient (Wildman–Crippen LogP) is -0.236. The fourth-order valence-corrected chi connectivity index (χ4v) is 1.31. The van der Waals surface area contributed by atoms with Crippen molar-refractivity contribution in [2.24, 2.45) is 5.10 Å². The Hall–Kier alpha value is -1.10. The quantitative estimate of drug-likeness (QED) is 0.335. The Kier molecular flexibility index (Phi) is 3.70. The maximum absolute atomic E-state index is 7.80. The summed E-state index contributed by atoms with van der Waals surface area (Å²) in [6.45, 7) is 5.53. The topological polar surface area (TPSA) is 54.7 Å². The normalized spacial score (nSPS) is 17.8. The molecule has 0 amide bonds. The van der Waals surface area contributed by atoms with Crippen molar-refractivity contribution < 1.29 is 0 Å². The van der Waals surface area contributed by atoms with E-state index in [4.69, 9.17) is 5.41 Å². The zero-order valence-electron chi connectivity index (χ0n) is 8.25. The molecule has 1 fully saturated rings. The van der Waals surface area contributed by atoms with Crippen LogP contribution in [0.15, 0.2) is 5.10 Å². The third-order valence-electron chi connectivity index (χ3n) is 2.01. The van der Waals surface area contributed by atoms with Gasteiger partial charge in [-0.1, -0.05) is 0 Å². The van der Waals surface area contributed by atoms with Crippen LogP contribution < -0.4 is 5.32 Å². The van der Waals surface area contributed by atoms with E-state index in [1.807, 2.05) is 11.8 Å². The van der Waals surface area contributed by atoms with Gasteiger partial charge in [-0.05, 0) is 6.92 Å². The van der Waals surface area contributed by atoms with Crippen LogP contribution in [0.25, 0.3) is 0 Å². The number of rotatable bonds is 1. The summed E-state index contributed by atoms with van der Waals surface area (Å²) in [6, 6.07) is 0. The maximum Gasteiger partial charge on any atom is 0.214 e. The summed E-state index contributed by atoms with van der Waals surface area (Å²) >= 11 is 0. The van der Waals surface area contributed by atoms with Crippen molar-refractivity contribution in [1.29, 1.82) is 5.41 Å². The molecular formula is C8H17N5. The first-order valence-corrected chi connectivity index (χ1v) is 4.52. The lowest BCUT2D eigenvalue weighted by Gasteiger charge is -2.31. The van der Waals surface area contributed by atoms with Gasteiger partial charge in [0.15, 0.2) is 0 Å². The Labute approximate surface area is 78.9 Å². The number of hydrogen-bond acceptors (Lipinski definition) is 3. The molecule has 1 aliphatic rings. The Morgan fingerprint density at radius 1 is 1.54 bits per heavy atom. The van der Waals surface area contributed by atoms with Crippen molar-refractivity contribution in [3.05, 3.63) is 0 Å². The zero-order chi connectivity index (χ0) is 9.68. The van der Waals surface area contributed by atoms with Crippen molar-refractivity contribution in [2.45, 2.75) is 6.92 Å². The number of nitrogens with one attached hydrogen (secondary N) is 2. The number of piperazine rings is 1. The van der Waals surface area contributed by atoms with E-state index < -0.39 is 0 Å². The highest BCUT2D eigenvalue weighted by Gasteiger charge is 2.15. The van der Waals surface area contributed by atoms with Crippen LogP contribution in [0.1, 0.15) is 6.92 Å². The van der Waals surface area contributed by atoms with Crippen LogP contribution >= 0.6 is 0 Å². The molecule has 0 radical (unpaired) electrons. The molecule has 0 saturated carbocycles. The van der Waals surface area contributed by atoms with Gasteiger partial charge in [-0.3, -0.25) is 5.41 Å². The molecule has 5 heteroatoms. The monoisotopic (exact) mass is 183 g/mol. The maximum atomic E-state index is 7.80. The molecule has 0 bridgehead atoms. The molecular weight excluding hydrogens is 166 g/mol. The van der Waals surface area contributed by atoms with Gasteiger partial charge >= 0.3 is 0 Å². The smallest absolute Gasteiger partial charge is 0.214 e. The summed E-state index contributed by atoms with van der Waals surface area (Å²) in [5.41, 5.74) is 0. The average molecular weight is 183 g/mol. The molecule has 0 unspecified atom stereocenters. The minimum Gasteiger partial charge on any atom is -0.339 e. The largest absolute Gasteiger partial charge is 0.339 e. The van der Waals surface area contributed by atoms with Crippen LogP contribution in [0.5, 0.6) is 0 Å². The minimum atomic E-state index is 0.472. The Morgan fingerprint density at radius 2 is 2.15 bits per heavy atom. The van der Waals surface area contributed by atoms with Gasteiger partial charge in [-0.15, -0.1) is 0 Å². The van der Waals surface area contributed by atoms with Crippen molar-refractivity contribution >= 4 is 12.2 Å². The second-order valence-corrected chi connectivity index (χ2v) is 2.96. The van der Waals surface area contributed by atoms with E-state index in [-0.39, 0.29) is 0 Å². The molecule has 0 aromatic heterocycles. The van der Waals surface area contributed by atoms with E-state index >= 15 is 0 Å². The van der Waals surface area contributed by atoms with E-state index in [0.29, 0.717) is 5.96 Å². The summed E-state index contributed by atoms with van der Waals surface area (Å²) in [5, 5.41) is 16.7. The second-order valence-electron chi connectivity index (χ2n) is 2.96. The van der Waals surface area contributed by atoms with Gasteiger partial charge in [0.2, 0.25) is 5.96 Å². The van der Waals surface area contributed by atoms with Crippen molar-refractivity contribution in [3.63, 3.8) is 0 Å². The number of hydrazone groups is 1. The lowest BCUT2D eigenvalue weighted by atomic mass is 10.4. The van der Waals surface area contributed by atoms with Gasteiger partial charge in [0.05, 0.1) is 0 Å². The molecule has 0 aromatic rings. The summed E-state index contributed by atoms with van der Waals surface area (Å²) in [6.07, 6.45) is 1.69. The van der Waals surface area contributed by atoms with Crippen molar-refractivity contribution in [2.75, 3.05) is 33.2 Å². The number of guanidine groups is 1. The fraction of sp³-hybridized carbons (Fsp3) is 0.750. The fourth-order valence-electron chi connectivity index (χ4n) is 1.31. The first-order chi connectivity index (χ1) is 6.25. The minimum absolute atomic E-state index is 0.472. The molecule has 2 N–H and O–H groups in total. The van der Waals surface area contributed by atoms with Crippen molar-refractivity contribution in [3.8, 4) is 0 Å². The van der Waals surface area contributed by atoms with Crippen LogP contribution in [0.2, 0.25) is 0 Å². The molecule has 13 heavy (non-hydrogen) atoms. The SMILES string of the molecule is CC=NN(C)C(=N)N1CCNCC1. The summed E-state index contributed by atoms with van der Waals surface area (Å²) in [5.74, 6) is 0.472. The van der Waals surface area contributed by atoms with Gasteiger partial charge in [-0.2, -0.15) is 5.10 Å². The van der Waals surface area contributed by atoms with E-state index in [1.54, 1.807) is 18.3 Å². The Morgan fingerprint density at radius 3 is 2.69 bits per heavy atom. The molecule has 0 spiro atoms. The van der Waals surface area contributed by atoms with Crippen LogP contribution in [0.4, 0.5) is 0 Å². The Balaban J connectivity index is 2.45. The third-order valence-corrected chi connectivity index (χ3v) is 2.01. The van der Waals surface area contributed by atoms with Crippen molar-refractivity contribution in [1.82, 2.24) is 15.2 Å². The predicted molar refractivity (Wildman–Crippen MR) is 54.1 cm³/mol. The van der Waals surface area contributed by atoms with Crippen LogP contribution in [0.3, 0.4) is 0 Å². The first kappa shape index (κ1) is 9.98. The summed E-state index contributed by atoms with van der Waals surface area (Å²) in [7, 11) is 1.80. The summed E-state index contributed by atoms with van der Waals surface area (Å²) in [4.78, 5) is 2.02. The zero-order valence-corrected chi connectivity index (χ0v) is 8.25. The van der Waals surface area contributed by atoms with Gasteiger partial charge in [-0.25, -0.2) is 5.01 Å². The molecule has 0 atom stereocenters. The highest BCUT2D eigenvalue weighted by Crippen LogP contribution is 1.97. The highest BCUT2D eigenvalue weighted by atomic mass is 15.5. The van der Waals surface area contributed by atoms with Crippen LogP contribution in [-0.2, 0) is 0 Å². The molecule has 0 aromatic carbocycles. The van der Waals surface area contributed by atoms with E-state index in [1.165, 1.54) is 0 Å². The standard InChI is InChI=1S/C8H17N5/c1-3-11-12(2)8(9)13-6-4-10-5-7-13/h3,9-10H,4-7H2,1-2H3. The lowest BCUT2D eigenvalue weighted by molar-refractivity contribution is 0.310. The van der Waals surface area contributed by atoms with E-state index in [9.17, 15) is 0 Å². The number of nitrogens with zero attached hydrogens (tertiary/aromatic N) is 3. The molecule has 1 rings (SSSR count).